The van der Waals surface area contributed by atoms with E-state index in [1.807, 2.05) is 24.3 Å². The van der Waals surface area contributed by atoms with Crippen molar-refractivity contribution in [3.8, 4) is 0 Å². The van der Waals surface area contributed by atoms with E-state index in [0.717, 1.165) is 42.5 Å². The van der Waals surface area contributed by atoms with Gasteiger partial charge < -0.3 is 5.11 Å². The van der Waals surface area contributed by atoms with Gasteiger partial charge in [-0.3, -0.25) is 4.90 Å². The second-order valence-corrected chi connectivity index (χ2v) is 6.48. The zero-order valence-corrected chi connectivity index (χ0v) is 13.6. The van der Waals surface area contributed by atoms with E-state index in [2.05, 4.69) is 45.1 Å². The fourth-order valence-corrected chi connectivity index (χ4v) is 3.50. The molecule has 1 heterocycles. The molecule has 1 atom stereocenters. The van der Waals surface area contributed by atoms with E-state index >= 15 is 0 Å². The molecular formula is C18H20BrNO. The van der Waals surface area contributed by atoms with E-state index in [4.69, 9.17) is 0 Å². The van der Waals surface area contributed by atoms with E-state index in [0.29, 0.717) is 0 Å². The van der Waals surface area contributed by atoms with Crippen LogP contribution in [-0.2, 0) is 13.0 Å². The summed E-state index contributed by atoms with van der Waals surface area (Å²) in [6, 6.07) is 16.6. The molecule has 0 aromatic heterocycles. The minimum absolute atomic E-state index is 0.405. The van der Waals surface area contributed by atoms with Gasteiger partial charge in [0.2, 0.25) is 0 Å². The average molecular weight is 346 g/mol. The standard InChI is InChI=1S/C18H20BrNO/c19-17-8-4-3-7-16(17)18(21)10-12-20-11-9-14-5-1-2-6-15(14)13-20/h1-8,18,21H,9-13H2. The number of fused-ring (bicyclic) bond motifs is 1. The Labute approximate surface area is 134 Å². The Morgan fingerprint density at radius 1 is 1.05 bits per heavy atom. The second kappa shape index (κ2) is 6.73. The maximum Gasteiger partial charge on any atom is 0.0813 e. The van der Waals surface area contributed by atoms with Crippen LogP contribution >= 0.6 is 15.9 Å². The summed E-state index contributed by atoms with van der Waals surface area (Å²) >= 11 is 3.51. The molecule has 0 radical (unpaired) electrons. The topological polar surface area (TPSA) is 23.5 Å². The van der Waals surface area contributed by atoms with Crippen LogP contribution in [0.2, 0.25) is 0 Å². The highest BCUT2D eigenvalue weighted by molar-refractivity contribution is 9.10. The number of halogens is 1. The highest BCUT2D eigenvalue weighted by Gasteiger charge is 2.17. The molecule has 110 valence electrons. The highest BCUT2D eigenvalue weighted by atomic mass is 79.9. The van der Waals surface area contributed by atoms with Gasteiger partial charge in [0.1, 0.15) is 0 Å². The van der Waals surface area contributed by atoms with Crippen molar-refractivity contribution in [1.29, 1.82) is 0 Å². The van der Waals surface area contributed by atoms with Crippen molar-refractivity contribution in [2.75, 3.05) is 13.1 Å². The summed E-state index contributed by atoms with van der Waals surface area (Å²) in [5, 5.41) is 10.4. The van der Waals surface area contributed by atoms with Gasteiger partial charge >= 0.3 is 0 Å². The Hall–Kier alpha value is -1.16. The maximum absolute atomic E-state index is 10.4. The van der Waals surface area contributed by atoms with Crippen LogP contribution in [0.25, 0.3) is 0 Å². The van der Waals surface area contributed by atoms with Crippen molar-refractivity contribution >= 4 is 15.9 Å². The Balaban J connectivity index is 1.58. The zero-order valence-electron chi connectivity index (χ0n) is 12.0. The van der Waals surface area contributed by atoms with Gasteiger partial charge in [0.25, 0.3) is 0 Å². The first kappa shape index (κ1) is 14.8. The van der Waals surface area contributed by atoms with Gasteiger partial charge in [-0.05, 0) is 35.6 Å². The van der Waals surface area contributed by atoms with Crippen LogP contribution in [0.4, 0.5) is 0 Å². The van der Waals surface area contributed by atoms with Crippen molar-refractivity contribution in [1.82, 2.24) is 4.90 Å². The molecule has 0 saturated carbocycles. The van der Waals surface area contributed by atoms with Gasteiger partial charge in [0.05, 0.1) is 6.10 Å². The van der Waals surface area contributed by atoms with Crippen LogP contribution in [0.1, 0.15) is 29.2 Å². The third kappa shape index (κ3) is 3.54. The smallest absolute Gasteiger partial charge is 0.0813 e. The normalized spacial score (nSPS) is 16.5. The van der Waals surface area contributed by atoms with Crippen molar-refractivity contribution in [3.63, 3.8) is 0 Å². The van der Waals surface area contributed by atoms with Crippen molar-refractivity contribution in [3.05, 3.63) is 69.7 Å². The van der Waals surface area contributed by atoms with Gasteiger partial charge in [-0.1, -0.05) is 58.4 Å². The molecule has 1 aliphatic heterocycles. The largest absolute Gasteiger partial charge is 0.388 e. The van der Waals surface area contributed by atoms with Crippen LogP contribution in [-0.4, -0.2) is 23.1 Å². The predicted molar refractivity (Wildman–Crippen MR) is 89.1 cm³/mol. The minimum atomic E-state index is -0.405. The maximum atomic E-state index is 10.4. The first-order chi connectivity index (χ1) is 10.2. The fourth-order valence-electron chi connectivity index (χ4n) is 2.95. The molecule has 21 heavy (non-hydrogen) atoms. The molecule has 0 saturated heterocycles. The predicted octanol–water partition coefficient (Wildman–Crippen LogP) is 3.93. The van der Waals surface area contributed by atoms with E-state index < -0.39 is 6.10 Å². The molecule has 0 fully saturated rings. The number of aliphatic hydroxyl groups excluding tert-OH is 1. The lowest BCUT2D eigenvalue weighted by atomic mass is 9.99. The fraction of sp³-hybridized carbons (Fsp3) is 0.333. The summed E-state index contributed by atoms with van der Waals surface area (Å²) < 4.78 is 0.987. The quantitative estimate of drug-likeness (QED) is 0.907. The minimum Gasteiger partial charge on any atom is -0.388 e. The third-order valence-electron chi connectivity index (χ3n) is 4.19. The molecule has 1 unspecified atom stereocenters. The summed E-state index contributed by atoms with van der Waals surface area (Å²) in [5.74, 6) is 0. The van der Waals surface area contributed by atoms with E-state index in [9.17, 15) is 5.11 Å². The van der Waals surface area contributed by atoms with Crippen LogP contribution in [0.15, 0.2) is 53.0 Å². The van der Waals surface area contributed by atoms with Crippen molar-refractivity contribution in [2.45, 2.75) is 25.5 Å². The summed E-state index contributed by atoms with van der Waals surface area (Å²) in [6.45, 7) is 3.01. The third-order valence-corrected chi connectivity index (χ3v) is 4.91. The Morgan fingerprint density at radius 2 is 1.76 bits per heavy atom. The molecule has 0 bridgehead atoms. The SMILES string of the molecule is OC(CCN1CCc2ccccc2C1)c1ccccc1Br. The molecule has 0 amide bonds. The number of hydrogen-bond donors (Lipinski definition) is 1. The molecule has 1 aliphatic rings. The lowest BCUT2D eigenvalue weighted by molar-refractivity contribution is 0.137. The van der Waals surface area contributed by atoms with Crippen LogP contribution in [0, 0.1) is 0 Å². The lowest BCUT2D eigenvalue weighted by Crippen LogP contribution is -2.32. The summed E-state index contributed by atoms with van der Waals surface area (Å²) in [5.41, 5.74) is 3.88. The van der Waals surface area contributed by atoms with Gasteiger partial charge in [-0.2, -0.15) is 0 Å². The number of nitrogens with zero attached hydrogens (tertiary/aromatic N) is 1. The van der Waals surface area contributed by atoms with Crippen LogP contribution < -0.4 is 0 Å². The van der Waals surface area contributed by atoms with E-state index in [1.54, 1.807) is 0 Å². The first-order valence-corrected chi connectivity index (χ1v) is 8.25. The Morgan fingerprint density at radius 3 is 2.57 bits per heavy atom. The van der Waals surface area contributed by atoms with Gasteiger partial charge in [0.15, 0.2) is 0 Å². The molecule has 1 N–H and O–H groups in total. The molecule has 2 nitrogen and oxygen atoms in total. The molecule has 3 heteroatoms. The van der Waals surface area contributed by atoms with Gasteiger partial charge in [-0.25, -0.2) is 0 Å². The highest BCUT2D eigenvalue weighted by Crippen LogP contribution is 2.26. The lowest BCUT2D eigenvalue weighted by Gasteiger charge is -2.29. The molecule has 2 aromatic rings. The van der Waals surface area contributed by atoms with Gasteiger partial charge in [-0.15, -0.1) is 0 Å². The van der Waals surface area contributed by atoms with Crippen molar-refractivity contribution in [2.24, 2.45) is 0 Å². The second-order valence-electron chi connectivity index (χ2n) is 5.62. The number of aliphatic hydroxyl groups is 1. The van der Waals surface area contributed by atoms with Gasteiger partial charge in [0, 0.05) is 24.1 Å². The molecular weight excluding hydrogens is 326 g/mol. The van der Waals surface area contributed by atoms with Crippen molar-refractivity contribution < 1.29 is 5.11 Å². The monoisotopic (exact) mass is 345 g/mol. The van der Waals surface area contributed by atoms with Crippen LogP contribution in [0.5, 0.6) is 0 Å². The summed E-state index contributed by atoms with van der Waals surface area (Å²) in [4.78, 5) is 2.43. The van der Waals surface area contributed by atoms with Crippen LogP contribution in [0.3, 0.4) is 0 Å². The Bertz CT molecular complexity index is 614. The average Bonchev–Trinajstić information content (AvgIpc) is 2.53. The summed E-state index contributed by atoms with van der Waals surface area (Å²) in [7, 11) is 0. The molecule has 2 aromatic carbocycles. The van der Waals surface area contributed by atoms with E-state index in [1.165, 1.54) is 11.1 Å². The summed E-state index contributed by atoms with van der Waals surface area (Å²) in [6.07, 6.45) is 1.48. The number of benzene rings is 2. The zero-order chi connectivity index (χ0) is 14.7. The number of hydrogen-bond acceptors (Lipinski definition) is 2. The first-order valence-electron chi connectivity index (χ1n) is 7.45. The Kier molecular flexibility index (Phi) is 4.73. The molecule has 0 aliphatic carbocycles. The molecule has 0 spiro atoms. The number of rotatable bonds is 4. The molecule has 3 rings (SSSR count). The van der Waals surface area contributed by atoms with E-state index in [-0.39, 0.29) is 0 Å².